The first kappa shape index (κ1) is 6.72. The minimum absolute atomic E-state index is 0.294. The van der Waals surface area contributed by atoms with Crippen LogP contribution in [0.3, 0.4) is 0 Å². The number of nitrogens with zero attached hydrogens (tertiary/aromatic N) is 1. The van der Waals surface area contributed by atoms with E-state index in [4.69, 9.17) is 0 Å². The lowest BCUT2D eigenvalue weighted by atomic mass is 10.6. The van der Waals surface area contributed by atoms with E-state index in [2.05, 4.69) is 4.98 Å². The van der Waals surface area contributed by atoms with Crippen molar-refractivity contribution >= 4 is 11.8 Å². The van der Waals surface area contributed by atoms with Crippen molar-refractivity contribution in [3.8, 4) is 0 Å². The summed E-state index contributed by atoms with van der Waals surface area (Å²) in [6.07, 6.45) is 0. The Labute approximate surface area is 66.3 Å². The fourth-order valence-electron chi connectivity index (χ4n) is 1.07. The molecule has 1 aliphatic heterocycles. The molecule has 0 spiro atoms. The van der Waals surface area contributed by atoms with Gasteiger partial charge in [-0.25, -0.2) is 4.79 Å². The van der Waals surface area contributed by atoms with Crippen LogP contribution in [0.25, 0.3) is 0 Å². The largest absolute Gasteiger partial charge is 0.329 e. The summed E-state index contributed by atoms with van der Waals surface area (Å²) in [7, 11) is 0. The quantitative estimate of drug-likeness (QED) is 0.541. The molecule has 5 heteroatoms. The molecule has 0 aliphatic carbocycles. The molecule has 0 saturated heterocycles. The average Bonchev–Trinajstić information content (AvgIpc) is 2.34. The van der Waals surface area contributed by atoms with Crippen LogP contribution in [0, 0.1) is 0 Å². The van der Waals surface area contributed by atoms with Crippen molar-refractivity contribution in [3.63, 3.8) is 0 Å². The van der Waals surface area contributed by atoms with Crippen LogP contribution in [-0.4, -0.2) is 15.3 Å². The van der Waals surface area contributed by atoms with Crippen LogP contribution >= 0.6 is 11.8 Å². The number of rotatable bonds is 0. The van der Waals surface area contributed by atoms with Crippen molar-refractivity contribution in [1.82, 2.24) is 9.55 Å². The number of aromatic nitrogens is 2. The van der Waals surface area contributed by atoms with Crippen molar-refractivity contribution in [3.05, 3.63) is 26.9 Å². The maximum absolute atomic E-state index is 11.0. The van der Waals surface area contributed by atoms with Crippen molar-refractivity contribution in [2.24, 2.45) is 0 Å². The summed E-state index contributed by atoms with van der Waals surface area (Å²) < 4.78 is 1.58. The molecular weight excluding hydrogens is 164 g/mol. The second kappa shape index (κ2) is 2.27. The van der Waals surface area contributed by atoms with E-state index in [0.717, 1.165) is 10.8 Å². The molecule has 2 rings (SSSR count). The van der Waals surface area contributed by atoms with Crippen molar-refractivity contribution in [2.75, 3.05) is 5.75 Å². The standard InChI is InChI=1S/C6H6N2O2S/c9-4-3-5-8(1-2-11-5)6(10)7-4/h3H,1-2H2,(H,7,9,10). The molecule has 0 fully saturated rings. The molecule has 4 nitrogen and oxygen atoms in total. The first-order valence-corrected chi connectivity index (χ1v) is 4.23. The zero-order valence-corrected chi connectivity index (χ0v) is 6.48. The number of thioether (sulfide) groups is 1. The summed E-state index contributed by atoms with van der Waals surface area (Å²) in [5.41, 5.74) is -0.604. The van der Waals surface area contributed by atoms with Gasteiger partial charge in [-0.1, -0.05) is 0 Å². The van der Waals surface area contributed by atoms with E-state index in [-0.39, 0.29) is 11.2 Å². The van der Waals surface area contributed by atoms with Gasteiger partial charge in [0.15, 0.2) is 0 Å². The zero-order chi connectivity index (χ0) is 7.84. The predicted octanol–water partition coefficient (Wildman–Crippen LogP) is -0.358. The van der Waals surface area contributed by atoms with Crippen LogP contribution in [0.2, 0.25) is 0 Å². The molecule has 1 aliphatic rings. The van der Waals surface area contributed by atoms with Gasteiger partial charge >= 0.3 is 5.69 Å². The summed E-state index contributed by atoms with van der Waals surface area (Å²) in [5.74, 6) is 0.881. The van der Waals surface area contributed by atoms with E-state index in [1.165, 1.54) is 17.8 Å². The van der Waals surface area contributed by atoms with Gasteiger partial charge in [-0.2, -0.15) is 0 Å². The Kier molecular flexibility index (Phi) is 1.38. The van der Waals surface area contributed by atoms with Gasteiger partial charge in [-0.3, -0.25) is 14.3 Å². The summed E-state index contributed by atoms with van der Waals surface area (Å²) in [4.78, 5) is 24.0. The molecule has 0 radical (unpaired) electrons. The number of hydrogen-bond donors (Lipinski definition) is 1. The lowest BCUT2D eigenvalue weighted by Gasteiger charge is -1.96. The molecule has 0 unspecified atom stereocenters. The van der Waals surface area contributed by atoms with E-state index < -0.39 is 0 Å². The number of hydrogen-bond acceptors (Lipinski definition) is 3. The van der Waals surface area contributed by atoms with Crippen LogP contribution in [-0.2, 0) is 6.54 Å². The van der Waals surface area contributed by atoms with E-state index >= 15 is 0 Å². The maximum atomic E-state index is 11.0. The van der Waals surface area contributed by atoms with Gasteiger partial charge in [0.25, 0.3) is 5.56 Å². The highest BCUT2D eigenvalue weighted by Crippen LogP contribution is 2.20. The Hall–Kier alpha value is -0.970. The topological polar surface area (TPSA) is 54.9 Å². The van der Waals surface area contributed by atoms with Gasteiger partial charge in [0, 0.05) is 18.4 Å². The van der Waals surface area contributed by atoms with E-state index in [1.54, 1.807) is 4.57 Å². The number of fused-ring (bicyclic) bond motifs is 1. The molecule has 11 heavy (non-hydrogen) atoms. The Balaban J connectivity index is 2.80. The maximum Gasteiger partial charge on any atom is 0.329 e. The molecule has 2 heterocycles. The first-order valence-electron chi connectivity index (χ1n) is 3.24. The fourth-order valence-corrected chi connectivity index (χ4v) is 2.08. The van der Waals surface area contributed by atoms with Crippen LogP contribution in [0.4, 0.5) is 0 Å². The normalized spacial score (nSPS) is 14.9. The average molecular weight is 170 g/mol. The summed E-state index contributed by atoms with van der Waals surface area (Å²) in [6, 6.07) is 1.46. The monoisotopic (exact) mass is 170 g/mol. The summed E-state index contributed by atoms with van der Waals surface area (Å²) in [6.45, 7) is 0.704. The van der Waals surface area contributed by atoms with Gasteiger partial charge in [-0.05, 0) is 0 Å². The Morgan fingerprint density at radius 3 is 3.18 bits per heavy atom. The van der Waals surface area contributed by atoms with Crippen LogP contribution in [0.5, 0.6) is 0 Å². The number of H-pyrrole nitrogens is 1. The summed E-state index contributed by atoms with van der Waals surface area (Å²) in [5, 5.41) is 0.777. The van der Waals surface area contributed by atoms with E-state index in [0.29, 0.717) is 6.54 Å². The van der Waals surface area contributed by atoms with Crippen LogP contribution in [0.15, 0.2) is 20.7 Å². The molecular formula is C6H6N2O2S. The van der Waals surface area contributed by atoms with Gasteiger partial charge in [0.1, 0.15) is 0 Å². The van der Waals surface area contributed by atoms with Gasteiger partial charge in [-0.15, -0.1) is 11.8 Å². The zero-order valence-electron chi connectivity index (χ0n) is 5.66. The minimum atomic E-state index is -0.310. The van der Waals surface area contributed by atoms with Crippen molar-refractivity contribution in [1.29, 1.82) is 0 Å². The van der Waals surface area contributed by atoms with Crippen molar-refractivity contribution in [2.45, 2.75) is 11.6 Å². The smallest absolute Gasteiger partial charge is 0.287 e. The highest BCUT2D eigenvalue weighted by Gasteiger charge is 2.12. The third kappa shape index (κ3) is 1.01. The highest BCUT2D eigenvalue weighted by molar-refractivity contribution is 7.99. The summed E-state index contributed by atoms with van der Waals surface area (Å²) >= 11 is 1.54. The van der Waals surface area contributed by atoms with E-state index in [9.17, 15) is 9.59 Å². The molecule has 1 N–H and O–H groups in total. The fraction of sp³-hybridized carbons (Fsp3) is 0.333. The molecule has 0 aromatic carbocycles. The third-order valence-electron chi connectivity index (χ3n) is 1.56. The molecule has 0 bridgehead atoms. The highest BCUT2D eigenvalue weighted by atomic mass is 32.2. The molecule has 1 aromatic rings. The lowest BCUT2D eigenvalue weighted by Crippen LogP contribution is -2.28. The van der Waals surface area contributed by atoms with Gasteiger partial charge in [0.2, 0.25) is 0 Å². The van der Waals surface area contributed by atoms with Crippen LogP contribution < -0.4 is 11.2 Å². The SMILES string of the molecule is O=c1cc2n(c(=O)[nH]1)CCS2. The Morgan fingerprint density at radius 1 is 1.55 bits per heavy atom. The third-order valence-corrected chi connectivity index (χ3v) is 2.58. The molecule has 58 valence electrons. The minimum Gasteiger partial charge on any atom is -0.287 e. The predicted molar refractivity (Wildman–Crippen MR) is 42.0 cm³/mol. The number of nitrogens with one attached hydrogen (secondary N) is 1. The first-order chi connectivity index (χ1) is 5.27. The second-order valence-electron chi connectivity index (χ2n) is 2.28. The Morgan fingerprint density at radius 2 is 2.36 bits per heavy atom. The van der Waals surface area contributed by atoms with Gasteiger partial charge < -0.3 is 0 Å². The molecule has 0 atom stereocenters. The molecule has 0 amide bonds. The van der Waals surface area contributed by atoms with E-state index in [1.807, 2.05) is 0 Å². The van der Waals surface area contributed by atoms with Gasteiger partial charge in [0.05, 0.1) is 5.03 Å². The second-order valence-corrected chi connectivity index (χ2v) is 3.39. The molecule has 0 saturated carbocycles. The van der Waals surface area contributed by atoms with Crippen LogP contribution in [0.1, 0.15) is 0 Å². The molecule has 1 aromatic heterocycles. The van der Waals surface area contributed by atoms with Crippen molar-refractivity contribution < 1.29 is 0 Å². The lowest BCUT2D eigenvalue weighted by molar-refractivity contribution is 0.658. The number of aromatic amines is 1. The Bertz CT molecular complexity index is 392.